The van der Waals surface area contributed by atoms with Crippen molar-refractivity contribution in [2.24, 2.45) is 0 Å². The number of hydrogen-bond donors (Lipinski definition) is 1. The molecule has 70 valence electrons. The summed E-state index contributed by atoms with van der Waals surface area (Å²) in [6, 6.07) is 7.47. The minimum atomic E-state index is 0.623. The Morgan fingerprint density at radius 1 is 1.21 bits per heavy atom. The summed E-state index contributed by atoms with van der Waals surface area (Å²) >= 11 is 3.31. The SMILES string of the molecule is Nc1cc(Br)cnc1-c1ccccn1. The van der Waals surface area contributed by atoms with Crippen LogP contribution in [0.1, 0.15) is 0 Å². The smallest absolute Gasteiger partial charge is 0.112 e. The molecule has 4 heteroatoms. The van der Waals surface area contributed by atoms with E-state index >= 15 is 0 Å². The van der Waals surface area contributed by atoms with Gasteiger partial charge in [-0.3, -0.25) is 9.97 Å². The summed E-state index contributed by atoms with van der Waals surface area (Å²) in [6.45, 7) is 0. The van der Waals surface area contributed by atoms with Crippen molar-refractivity contribution in [1.29, 1.82) is 0 Å². The molecule has 0 atom stereocenters. The summed E-state index contributed by atoms with van der Waals surface area (Å²) in [7, 11) is 0. The molecule has 0 aliphatic rings. The van der Waals surface area contributed by atoms with Crippen LogP contribution in [0.5, 0.6) is 0 Å². The quantitative estimate of drug-likeness (QED) is 0.845. The molecule has 2 N–H and O–H groups in total. The third kappa shape index (κ3) is 1.75. The Morgan fingerprint density at radius 3 is 2.71 bits per heavy atom. The van der Waals surface area contributed by atoms with Crippen LogP contribution in [-0.2, 0) is 0 Å². The summed E-state index contributed by atoms with van der Waals surface area (Å²) in [4.78, 5) is 8.40. The van der Waals surface area contributed by atoms with Gasteiger partial charge in [-0.1, -0.05) is 6.07 Å². The van der Waals surface area contributed by atoms with Crippen molar-refractivity contribution in [1.82, 2.24) is 9.97 Å². The standard InChI is InChI=1S/C10H8BrN3/c11-7-5-8(12)10(14-6-7)9-3-1-2-4-13-9/h1-6H,12H2. The molecule has 2 aromatic heterocycles. The van der Waals surface area contributed by atoms with E-state index in [0.29, 0.717) is 11.4 Å². The first-order valence-corrected chi connectivity index (χ1v) is 4.89. The summed E-state index contributed by atoms with van der Waals surface area (Å²) in [5.41, 5.74) is 7.95. The van der Waals surface area contributed by atoms with Crippen LogP contribution in [0.2, 0.25) is 0 Å². The van der Waals surface area contributed by atoms with Crippen molar-refractivity contribution in [3.8, 4) is 11.4 Å². The third-order valence-corrected chi connectivity index (χ3v) is 2.22. The number of aromatic nitrogens is 2. The van der Waals surface area contributed by atoms with Gasteiger partial charge in [-0.25, -0.2) is 0 Å². The fourth-order valence-corrected chi connectivity index (χ4v) is 1.52. The minimum absolute atomic E-state index is 0.623. The fourth-order valence-electron chi connectivity index (χ4n) is 1.17. The second-order valence-corrected chi connectivity index (χ2v) is 3.72. The molecule has 0 saturated heterocycles. The van der Waals surface area contributed by atoms with Gasteiger partial charge in [-0.15, -0.1) is 0 Å². The molecule has 0 aliphatic heterocycles. The second-order valence-electron chi connectivity index (χ2n) is 2.81. The predicted octanol–water partition coefficient (Wildman–Crippen LogP) is 2.49. The molecule has 2 rings (SSSR count). The number of nitrogens with zero attached hydrogens (tertiary/aromatic N) is 2. The summed E-state index contributed by atoms with van der Waals surface area (Å²) in [5, 5.41) is 0. The summed E-state index contributed by atoms with van der Waals surface area (Å²) in [6.07, 6.45) is 3.43. The minimum Gasteiger partial charge on any atom is -0.397 e. The topological polar surface area (TPSA) is 51.8 Å². The molecule has 0 aliphatic carbocycles. The lowest BCUT2D eigenvalue weighted by Gasteiger charge is -2.03. The highest BCUT2D eigenvalue weighted by molar-refractivity contribution is 9.10. The fraction of sp³-hybridized carbons (Fsp3) is 0. The summed E-state index contributed by atoms with van der Waals surface area (Å²) < 4.78 is 0.870. The molecule has 2 heterocycles. The molecule has 0 saturated carbocycles. The Kier molecular flexibility index (Phi) is 2.45. The van der Waals surface area contributed by atoms with Crippen LogP contribution in [0.25, 0.3) is 11.4 Å². The Labute approximate surface area is 90.1 Å². The summed E-state index contributed by atoms with van der Waals surface area (Å²) in [5.74, 6) is 0. The van der Waals surface area contributed by atoms with Crippen LogP contribution < -0.4 is 5.73 Å². The van der Waals surface area contributed by atoms with Crippen molar-refractivity contribution in [3.05, 3.63) is 41.1 Å². The first kappa shape index (κ1) is 9.15. The van der Waals surface area contributed by atoms with Gasteiger partial charge in [0.2, 0.25) is 0 Å². The zero-order chi connectivity index (χ0) is 9.97. The van der Waals surface area contributed by atoms with Gasteiger partial charge in [0.25, 0.3) is 0 Å². The van der Waals surface area contributed by atoms with Gasteiger partial charge in [0.1, 0.15) is 5.69 Å². The molecule has 0 spiro atoms. The molecule has 0 aromatic carbocycles. The van der Waals surface area contributed by atoms with Gasteiger partial charge in [0.15, 0.2) is 0 Å². The van der Waals surface area contributed by atoms with E-state index in [0.717, 1.165) is 10.2 Å². The van der Waals surface area contributed by atoms with E-state index in [9.17, 15) is 0 Å². The van der Waals surface area contributed by atoms with Crippen molar-refractivity contribution in [2.45, 2.75) is 0 Å². The average Bonchev–Trinajstić information content (AvgIpc) is 2.19. The molecule has 0 amide bonds. The third-order valence-electron chi connectivity index (χ3n) is 1.79. The molecular formula is C10H8BrN3. The Bertz CT molecular complexity index is 442. The molecule has 0 fully saturated rings. The van der Waals surface area contributed by atoms with Crippen LogP contribution in [0.3, 0.4) is 0 Å². The second kappa shape index (κ2) is 3.75. The number of pyridine rings is 2. The van der Waals surface area contributed by atoms with E-state index in [2.05, 4.69) is 25.9 Å². The number of rotatable bonds is 1. The monoisotopic (exact) mass is 249 g/mol. The molecule has 0 radical (unpaired) electrons. The molecule has 14 heavy (non-hydrogen) atoms. The van der Waals surface area contributed by atoms with Gasteiger partial charge >= 0.3 is 0 Å². The van der Waals surface area contributed by atoms with Gasteiger partial charge in [-0.2, -0.15) is 0 Å². The van der Waals surface area contributed by atoms with Crippen LogP contribution in [0.15, 0.2) is 41.1 Å². The van der Waals surface area contributed by atoms with Crippen LogP contribution in [-0.4, -0.2) is 9.97 Å². The highest BCUT2D eigenvalue weighted by atomic mass is 79.9. The molecule has 0 bridgehead atoms. The molecular weight excluding hydrogens is 242 g/mol. The first-order valence-electron chi connectivity index (χ1n) is 4.10. The van der Waals surface area contributed by atoms with Gasteiger partial charge in [-0.05, 0) is 34.1 Å². The maximum absolute atomic E-state index is 5.82. The maximum atomic E-state index is 5.82. The lowest BCUT2D eigenvalue weighted by molar-refractivity contribution is 1.24. The molecule has 2 aromatic rings. The van der Waals surface area contributed by atoms with E-state index in [1.807, 2.05) is 24.3 Å². The van der Waals surface area contributed by atoms with Gasteiger partial charge < -0.3 is 5.73 Å². The maximum Gasteiger partial charge on any atom is 0.112 e. The van der Waals surface area contributed by atoms with Crippen molar-refractivity contribution >= 4 is 21.6 Å². The Balaban J connectivity index is 2.53. The van der Waals surface area contributed by atoms with Gasteiger partial charge in [0.05, 0.1) is 11.4 Å². The van der Waals surface area contributed by atoms with E-state index in [1.54, 1.807) is 12.4 Å². The van der Waals surface area contributed by atoms with E-state index in [4.69, 9.17) is 5.73 Å². The Morgan fingerprint density at radius 2 is 2.07 bits per heavy atom. The largest absolute Gasteiger partial charge is 0.397 e. The van der Waals surface area contributed by atoms with E-state index in [-0.39, 0.29) is 0 Å². The first-order chi connectivity index (χ1) is 6.77. The predicted molar refractivity (Wildman–Crippen MR) is 59.6 cm³/mol. The van der Waals surface area contributed by atoms with E-state index < -0.39 is 0 Å². The lowest BCUT2D eigenvalue weighted by atomic mass is 10.2. The van der Waals surface area contributed by atoms with Crippen LogP contribution >= 0.6 is 15.9 Å². The van der Waals surface area contributed by atoms with Crippen LogP contribution in [0, 0.1) is 0 Å². The number of hydrogen-bond acceptors (Lipinski definition) is 3. The van der Waals surface area contributed by atoms with E-state index in [1.165, 1.54) is 0 Å². The highest BCUT2D eigenvalue weighted by Crippen LogP contribution is 2.23. The van der Waals surface area contributed by atoms with Gasteiger partial charge in [0, 0.05) is 16.9 Å². The highest BCUT2D eigenvalue weighted by Gasteiger charge is 2.04. The number of halogens is 1. The van der Waals surface area contributed by atoms with Crippen molar-refractivity contribution in [2.75, 3.05) is 5.73 Å². The molecule has 3 nitrogen and oxygen atoms in total. The lowest BCUT2D eigenvalue weighted by Crippen LogP contribution is -1.94. The van der Waals surface area contributed by atoms with Crippen LogP contribution in [0.4, 0.5) is 5.69 Å². The zero-order valence-electron chi connectivity index (χ0n) is 7.31. The zero-order valence-corrected chi connectivity index (χ0v) is 8.90. The van der Waals surface area contributed by atoms with Crippen molar-refractivity contribution < 1.29 is 0 Å². The number of nitrogen functional groups attached to an aromatic ring is 1. The Hall–Kier alpha value is -1.42. The number of anilines is 1. The van der Waals surface area contributed by atoms with Crippen molar-refractivity contribution in [3.63, 3.8) is 0 Å². The normalized spacial score (nSPS) is 10.1. The number of nitrogens with two attached hydrogens (primary N) is 1. The molecule has 0 unspecified atom stereocenters. The average molecular weight is 250 g/mol.